The summed E-state index contributed by atoms with van der Waals surface area (Å²) in [7, 11) is 0. The molecule has 1 unspecified atom stereocenters. The molecule has 0 radical (unpaired) electrons. The van der Waals surface area contributed by atoms with Gasteiger partial charge in [-0.25, -0.2) is 4.79 Å². The van der Waals surface area contributed by atoms with Crippen LogP contribution in [0.25, 0.3) is 0 Å². The molecule has 0 aromatic heterocycles. The number of halogens is 1. The number of esters is 1. The number of nitrogens with one attached hydrogen (secondary N) is 1. The van der Waals surface area contributed by atoms with Gasteiger partial charge in [0.1, 0.15) is 0 Å². The van der Waals surface area contributed by atoms with Gasteiger partial charge in [-0.05, 0) is 38.5 Å². The zero-order valence-electron chi connectivity index (χ0n) is 14.4. The average Bonchev–Trinajstić information content (AvgIpc) is 2.56. The number of non-ortho nitro benzene ring substituents is 1. The van der Waals surface area contributed by atoms with Gasteiger partial charge < -0.3 is 10.1 Å². The number of carbonyl (C=O) groups is 2. The number of hydrogen-bond acceptors (Lipinski definition) is 5. The Morgan fingerprint density at radius 3 is 2.50 bits per heavy atom. The van der Waals surface area contributed by atoms with E-state index in [0.717, 1.165) is 17.2 Å². The number of benzene rings is 2. The molecule has 1 atom stereocenters. The Kier molecular flexibility index (Phi) is 5.94. The molecular formula is C18H17ClN2O5. The lowest BCUT2D eigenvalue weighted by Crippen LogP contribution is -2.30. The highest BCUT2D eigenvalue weighted by Gasteiger charge is 2.21. The summed E-state index contributed by atoms with van der Waals surface area (Å²) in [5.41, 5.74) is 1.96. The summed E-state index contributed by atoms with van der Waals surface area (Å²) in [6.07, 6.45) is -1.11. The van der Waals surface area contributed by atoms with Gasteiger partial charge in [-0.1, -0.05) is 29.3 Å². The van der Waals surface area contributed by atoms with E-state index in [-0.39, 0.29) is 16.4 Å². The predicted molar refractivity (Wildman–Crippen MR) is 97.5 cm³/mol. The Labute approximate surface area is 155 Å². The Balaban J connectivity index is 2.09. The van der Waals surface area contributed by atoms with E-state index < -0.39 is 22.9 Å². The molecule has 2 rings (SSSR count). The van der Waals surface area contributed by atoms with Gasteiger partial charge in [-0.15, -0.1) is 0 Å². The summed E-state index contributed by atoms with van der Waals surface area (Å²) in [4.78, 5) is 34.7. The van der Waals surface area contributed by atoms with Gasteiger partial charge in [0.25, 0.3) is 11.6 Å². The summed E-state index contributed by atoms with van der Waals surface area (Å²) in [6.45, 7) is 5.08. The highest BCUT2D eigenvalue weighted by molar-refractivity contribution is 6.33. The molecular weight excluding hydrogens is 360 g/mol. The van der Waals surface area contributed by atoms with Crippen LogP contribution in [0.2, 0.25) is 5.02 Å². The van der Waals surface area contributed by atoms with E-state index in [4.69, 9.17) is 16.3 Å². The van der Waals surface area contributed by atoms with Crippen molar-refractivity contribution in [2.75, 3.05) is 5.32 Å². The van der Waals surface area contributed by atoms with Gasteiger partial charge in [0.15, 0.2) is 6.10 Å². The highest BCUT2D eigenvalue weighted by Crippen LogP contribution is 2.27. The third kappa shape index (κ3) is 4.58. The Morgan fingerprint density at radius 2 is 1.88 bits per heavy atom. The number of rotatable bonds is 5. The molecule has 7 nitrogen and oxygen atoms in total. The topological polar surface area (TPSA) is 98.5 Å². The van der Waals surface area contributed by atoms with Crippen LogP contribution in [0.3, 0.4) is 0 Å². The lowest BCUT2D eigenvalue weighted by molar-refractivity contribution is -0.384. The second-order valence-electron chi connectivity index (χ2n) is 5.78. The zero-order valence-corrected chi connectivity index (χ0v) is 15.2. The molecule has 0 heterocycles. The van der Waals surface area contributed by atoms with Gasteiger partial charge in [-0.3, -0.25) is 14.9 Å². The molecule has 0 aliphatic rings. The van der Waals surface area contributed by atoms with Crippen LogP contribution in [0.4, 0.5) is 11.4 Å². The molecule has 0 spiro atoms. The van der Waals surface area contributed by atoms with Crippen LogP contribution in [0.15, 0.2) is 36.4 Å². The summed E-state index contributed by atoms with van der Waals surface area (Å²) >= 11 is 5.94. The Morgan fingerprint density at radius 1 is 1.19 bits per heavy atom. The van der Waals surface area contributed by atoms with Crippen molar-refractivity contribution < 1.29 is 19.2 Å². The lowest BCUT2D eigenvalue weighted by Gasteiger charge is -2.15. The summed E-state index contributed by atoms with van der Waals surface area (Å²) in [5, 5.41) is 13.4. The van der Waals surface area contributed by atoms with Gasteiger partial charge in [-0.2, -0.15) is 0 Å². The number of ether oxygens (including phenoxy) is 1. The average molecular weight is 377 g/mol. The molecule has 2 aromatic rings. The van der Waals surface area contributed by atoms with Gasteiger partial charge in [0.05, 0.1) is 21.2 Å². The maximum atomic E-state index is 12.2. The first-order chi connectivity index (χ1) is 12.2. The second-order valence-corrected chi connectivity index (χ2v) is 6.18. The molecule has 0 bridgehead atoms. The SMILES string of the molecule is Cc1ccc(C(=O)OC(C)C(=O)Nc2cc([N+](=O)[O-])ccc2Cl)c(C)c1. The number of nitro benzene ring substituents is 1. The van der Waals surface area contributed by atoms with Crippen LogP contribution in [0.1, 0.15) is 28.4 Å². The molecule has 0 fully saturated rings. The van der Waals surface area contributed by atoms with Gasteiger partial charge in [0.2, 0.25) is 0 Å². The largest absolute Gasteiger partial charge is 0.449 e. The molecule has 1 amide bonds. The van der Waals surface area contributed by atoms with E-state index in [0.29, 0.717) is 5.56 Å². The van der Waals surface area contributed by atoms with Crippen molar-refractivity contribution in [2.24, 2.45) is 0 Å². The number of nitrogens with zero attached hydrogens (tertiary/aromatic N) is 1. The third-order valence-electron chi connectivity index (χ3n) is 3.67. The van der Waals surface area contributed by atoms with Gasteiger partial charge in [0, 0.05) is 12.1 Å². The van der Waals surface area contributed by atoms with E-state index in [1.54, 1.807) is 19.1 Å². The standard InChI is InChI=1S/C18H17ClN2O5/c1-10-4-6-14(11(2)8-10)18(23)26-12(3)17(22)20-16-9-13(21(24)25)5-7-15(16)19/h4-9,12H,1-3H3,(H,20,22). The van der Waals surface area contributed by atoms with Crippen molar-refractivity contribution in [3.05, 3.63) is 68.2 Å². The van der Waals surface area contributed by atoms with Crippen LogP contribution in [-0.4, -0.2) is 22.9 Å². The van der Waals surface area contributed by atoms with Gasteiger partial charge >= 0.3 is 5.97 Å². The number of carbonyl (C=O) groups excluding carboxylic acids is 2. The maximum Gasteiger partial charge on any atom is 0.339 e. The quantitative estimate of drug-likeness (QED) is 0.482. The predicted octanol–water partition coefficient (Wildman–Crippen LogP) is 4.05. The number of nitro groups is 1. The summed E-state index contributed by atoms with van der Waals surface area (Å²) in [6, 6.07) is 8.92. The second kappa shape index (κ2) is 7.97. The Bertz CT molecular complexity index is 882. The van der Waals surface area contributed by atoms with Crippen molar-refractivity contribution >= 4 is 34.9 Å². The summed E-state index contributed by atoms with van der Waals surface area (Å²) < 4.78 is 5.18. The van der Waals surface area contributed by atoms with Crippen molar-refractivity contribution in [1.29, 1.82) is 0 Å². The molecule has 0 saturated heterocycles. The van der Waals surface area contributed by atoms with Crippen molar-refractivity contribution in [1.82, 2.24) is 0 Å². The first-order valence-electron chi connectivity index (χ1n) is 7.72. The van der Waals surface area contributed by atoms with E-state index in [1.807, 2.05) is 13.0 Å². The molecule has 0 aliphatic heterocycles. The highest BCUT2D eigenvalue weighted by atomic mass is 35.5. The minimum absolute atomic E-state index is 0.0697. The number of amides is 1. The number of anilines is 1. The molecule has 136 valence electrons. The van der Waals surface area contributed by atoms with Crippen LogP contribution < -0.4 is 5.32 Å². The van der Waals surface area contributed by atoms with Crippen molar-refractivity contribution in [3.63, 3.8) is 0 Å². The molecule has 2 aromatic carbocycles. The first-order valence-corrected chi connectivity index (χ1v) is 8.10. The van der Waals surface area contributed by atoms with E-state index >= 15 is 0 Å². The van der Waals surface area contributed by atoms with Crippen molar-refractivity contribution in [2.45, 2.75) is 26.9 Å². The number of hydrogen-bond donors (Lipinski definition) is 1. The van der Waals surface area contributed by atoms with E-state index in [1.165, 1.54) is 19.1 Å². The summed E-state index contributed by atoms with van der Waals surface area (Å²) in [5.74, 6) is -1.28. The minimum Gasteiger partial charge on any atom is -0.449 e. The molecule has 1 N–H and O–H groups in total. The molecule has 0 aliphatic carbocycles. The van der Waals surface area contributed by atoms with Crippen molar-refractivity contribution in [3.8, 4) is 0 Å². The van der Waals surface area contributed by atoms with Crippen LogP contribution >= 0.6 is 11.6 Å². The molecule has 0 saturated carbocycles. The third-order valence-corrected chi connectivity index (χ3v) is 4.00. The zero-order chi connectivity index (χ0) is 19.4. The minimum atomic E-state index is -1.11. The molecule has 8 heteroatoms. The van der Waals surface area contributed by atoms with E-state index in [9.17, 15) is 19.7 Å². The number of aryl methyl sites for hydroxylation is 2. The lowest BCUT2D eigenvalue weighted by atomic mass is 10.1. The van der Waals surface area contributed by atoms with Crippen LogP contribution in [-0.2, 0) is 9.53 Å². The van der Waals surface area contributed by atoms with E-state index in [2.05, 4.69) is 5.32 Å². The fourth-order valence-electron chi connectivity index (χ4n) is 2.28. The fraction of sp³-hybridized carbons (Fsp3) is 0.222. The van der Waals surface area contributed by atoms with Crippen LogP contribution in [0.5, 0.6) is 0 Å². The maximum absolute atomic E-state index is 12.2. The smallest absolute Gasteiger partial charge is 0.339 e. The first kappa shape index (κ1) is 19.4. The monoisotopic (exact) mass is 376 g/mol. The molecule has 26 heavy (non-hydrogen) atoms. The normalized spacial score (nSPS) is 11.5. The Hall–Kier alpha value is -2.93. The fourth-order valence-corrected chi connectivity index (χ4v) is 2.44. The van der Waals surface area contributed by atoms with Crippen LogP contribution in [0, 0.1) is 24.0 Å².